The van der Waals surface area contributed by atoms with E-state index in [1.165, 1.54) is 0 Å². The van der Waals surface area contributed by atoms with E-state index >= 15 is 0 Å². The topological polar surface area (TPSA) is 33.1 Å². The highest BCUT2D eigenvalue weighted by molar-refractivity contribution is 6.32. The lowest BCUT2D eigenvalue weighted by Crippen LogP contribution is -1.94. The van der Waals surface area contributed by atoms with Gasteiger partial charge in [0.15, 0.2) is 0 Å². The van der Waals surface area contributed by atoms with Crippen LogP contribution >= 0.6 is 11.6 Å². The lowest BCUT2D eigenvalue weighted by molar-refractivity contribution is 0.281. The minimum atomic E-state index is -0.0184. The minimum absolute atomic E-state index is 0.0184. The number of aromatic nitrogens is 1. The van der Waals surface area contributed by atoms with E-state index in [1.807, 2.05) is 55.5 Å². The third-order valence-corrected chi connectivity index (χ3v) is 2.99. The number of rotatable bonds is 3. The largest absolute Gasteiger partial charge is 0.392 e. The van der Waals surface area contributed by atoms with Crippen molar-refractivity contribution in [2.24, 2.45) is 0 Å². The molecule has 2 rings (SSSR count). The Kier molecular flexibility index (Phi) is 4.13. The van der Waals surface area contributed by atoms with Gasteiger partial charge in [0.25, 0.3) is 0 Å². The van der Waals surface area contributed by atoms with E-state index in [0.29, 0.717) is 5.02 Å². The van der Waals surface area contributed by atoms with Gasteiger partial charge in [0, 0.05) is 16.3 Å². The molecule has 0 fully saturated rings. The van der Waals surface area contributed by atoms with Gasteiger partial charge in [-0.25, -0.2) is 0 Å². The summed E-state index contributed by atoms with van der Waals surface area (Å²) in [5.41, 5.74) is 3.44. The molecule has 1 aromatic heterocycles. The Morgan fingerprint density at radius 3 is 2.67 bits per heavy atom. The standard InChI is InChI=1S/C15H14ClNO/c1-11-6-7-13(10-18)15(17-11)9-8-12-4-2-3-5-14(12)16/h2-9,18H,10H2,1H3/b9-8+. The maximum atomic E-state index is 9.26. The zero-order chi connectivity index (χ0) is 13.0. The fraction of sp³-hybridized carbons (Fsp3) is 0.133. The maximum Gasteiger partial charge on any atom is 0.0702 e. The van der Waals surface area contributed by atoms with Crippen LogP contribution in [0.1, 0.15) is 22.5 Å². The first-order valence-corrected chi connectivity index (χ1v) is 6.08. The van der Waals surface area contributed by atoms with E-state index in [-0.39, 0.29) is 6.61 Å². The molecule has 2 aromatic rings. The molecule has 0 atom stereocenters. The van der Waals surface area contributed by atoms with Crippen molar-refractivity contribution in [3.05, 3.63) is 63.9 Å². The van der Waals surface area contributed by atoms with Crippen LogP contribution in [0.25, 0.3) is 12.2 Å². The number of hydrogen-bond donors (Lipinski definition) is 1. The van der Waals surface area contributed by atoms with Crippen LogP contribution < -0.4 is 0 Å². The predicted octanol–water partition coefficient (Wildman–Crippen LogP) is 3.71. The van der Waals surface area contributed by atoms with E-state index in [1.54, 1.807) is 0 Å². The third-order valence-electron chi connectivity index (χ3n) is 2.65. The number of benzene rings is 1. The van der Waals surface area contributed by atoms with Crippen molar-refractivity contribution < 1.29 is 5.11 Å². The molecule has 0 aliphatic carbocycles. The Hall–Kier alpha value is -1.64. The Labute approximate surface area is 112 Å². The number of nitrogens with zero attached hydrogens (tertiary/aromatic N) is 1. The molecule has 0 aliphatic heterocycles. The summed E-state index contributed by atoms with van der Waals surface area (Å²) >= 11 is 6.07. The highest BCUT2D eigenvalue weighted by atomic mass is 35.5. The Morgan fingerprint density at radius 2 is 1.94 bits per heavy atom. The summed E-state index contributed by atoms with van der Waals surface area (Å²) in [4.78, 5) is 4.40. The van der Waals surface area contributed by atoms with Crippen molar-refractivity contribution in [3.8, 4) is 0 Å². The van der Waals surface area contributed by atoms with E-state index in [0.717, 1.165) is 22.5 Å². The molecule has 18 heavy (non-hydrogen) atoms. The van der Waals surface area contributed by atoms with E-state index < -0.39 is 0 Å². The molecule has 0 saturated heterocycles. The number of pyridine rings is 1. The first kappa shape index (κ1) is 12.8. The van der Waals surface area contributed by atoms with Gasteiger partial charge >= 0.3 is 0 Å². The fourth-order valence-electron chi connectivity index (χ4n) is 1.66. The predicted molar refractivity (Wildman–Crippen MR) is 75.3 cm³/mol. The van der Waals surface area contributed by atoms with Gasteiger partial charge in [0.05, 0.1) is 12.3 Å². The third kappa shape index (κ3) is 2.97. The average Bonchev–Trinajstić information content (AvgIpc) is 2.38. The summed E-state index contributed by atoms with van der Waals surface area (Å²) in [6.45, 7) is 1.91. The van der Waals surface area contributed by atoms with Gasteiger partial charge in [-0.1, -0.05) is 41.9 Å². The highest BCUT2D eigenvalue weighted by Crippen LogP contribution is 2.18. The number of halogens is 1. The molecule has 92 valence electrons. The Morgan fingerprint density at radius 1 is 1.17 bits per heavy atom. The molecule has 2 nitrogen and oxygen atoms in total. The van der Waals surface area contributed by atoms with Gasteiger partial charge in [0.2, 0.25) is 0 Å². The SMILES string of the molecule is Cc1ccc(CO)c(/C=C/c2ccccc2Cl)n1. The van der Waals surface area contributed by atoms with Crippen molar-refractivity contribution >= 4 is 23.8 Å². The molecule has 0 spiro atoms. The summed E-state index contributed by atoms with van der Waals surface area (Å²) in [6, 6.07) is 11.4. The van der Waals surface area contributed by atoms with Crippen LogP contribution in [0.4, 0.5) is 0 Å². The molecule has 0 amide bonds. The molecular weight excluding hydrogens is 246 g/mol. The minimum Gasteiger partial charge on any atom is -0.392 e. The molecule has 0 radical (unpaired) electrons. The molecule has 3 heteroatoms. The molecule has 0 saturated carbocycles. The second-order valence-corrected chi connectivity index (χ2v) is 4.42. The Bertz CT molecular complexity index is 578. The monoisotopic (exact) mass is 259 g/mol. The molecule has 0 unspecified atom stereocenters. The van der Waals surface area contributed by atoms with Gasteiger partial charge in [-0.15, -0.1) is 0 Å². The van der Waals surface area contributed by atoms with Crippen LogP contribution in [-0.2, 0) is 6.61 Å². The van der Waals surface area contributed by atoms with Gasteiger partial charge in [0.1, 0.15) is 0 Å². The van der Waals surface area contributed by atoms with Crippen molar-refractivity contribution in [1.82, 2.24) is 4.98 Å². The fourth-order valence-corrected chi connectivity index (χ4v) is 1.86. The van der Waals surface area contributed by atoms with Crippen molar-refractivity contribution in [2.45, 2.75) is 13.5 Å². The van der Waals surface area contributed by atoms with Crippen molar-refractivity contribution in [1.29, 1.82) is 0 Å². The molecule has 1 heterocycles. The summed E-state index contributed by atoms with van der Waals surface area (Å²) in [6.07, 6.45) is 3.78. The summed E-state index contributed by atoms with van der Waals surface area (Å²) < 4.78 is 0. The second-order valence-electron chi connectivity index (χ2n) is 4.01. The zero-order valence-corrected chi connectivity index (χ0v) is 10.9. The van der Waals surface area contributed by atoms with Crippen LogP contribution in [0.3, 0.4) is 0 Å². The van der Waals surface area contributed by atoms with E-state index in [4.69, 9.17) is 11.6 Å². The Balaban J connectivity index is 2.34. The van der Waals surface area contributed by atoms with Gasteiger partial charge < -0.3 is 5.11 Å². The van der Waals surface area contributed by atoms with Gasteiger partial charge in [-0.2, -0.15) is 0 Å². The lowest BCUT2D eigenvalue weighted by atomic mass is 10.1. The molecule has 0 aliphatic rings. The smallest absolute Gasteiger partial charge is 0.0702 e. The van der Waals surface area contributed by atoms with Crippen LogP contribution in [-0.4, -0.2) is 10.1 Å². The summed E-state index contributed by atoms with van der Waals surface area (Å²) in [5.74, 6) is 0. The van der Waals surface area contributed by atoms with Crippen molar-refractivity contribution in [3.63, 3.8) is 0 Å². The summed E-state index contributed by atoms with van der Waals surface area (Å²) in [7, 11) is 0. The molecule has 1 N–H and O–H groups in total. The second kappa shape index (κ2) is 5.80. The number of aryl methyl sites for hydroxylation is 1. The summed E-state index contributed by atoms with van der Waals surface area (Å²) in [5, 5.41) is 9.96. The first-order chi connectivity index (χ1) is 8.70. The lowest BCUT2D eigenvalue weighted by Gasteiger charge is -2.03. The molecular formula is C15H14ClNO. The van der Waals surface area contributed by atoms with E-state index in [9.17, 15) is 5.11 Å². The van der Waals surface area contributed by atoms with Crippen LogP contribution in [0.2, 0.25) is 5.02 Å². The highest BCUT2D eigenvalue weighted by Gasteiger charge is 2.01. The maximum absolute atomic E-state index is 9.26. The average molecular weight is 260 g/mol. The normalized spacial score (nSPS) is 11.1. The number of aliphatic hydroxyl groups excluding tert-OH is 1. The molecule has 0 bridgehead atoms. The number of hydrogen-bond acceptors (Lipinski definition) is 2. The van der Waals surface area contributed by atoms with Gasteiger partial charge in [-0.3, -0.25) is 4.98 Å². The zero-order valence-electron chi connectivity index (χ0n) is 10.1. The van der Waals surface area contributed by atoms with Crippen LogP contribution in [0.5, 0.6) is 0 Å². The van der Waals surface area contributed by atoms with Crippen LogP contribution in [0.15, 0.2) is 36.4 Å². The van der Waals surface area contributed by atoms with E-state index in [2.05, 4.69) is 4.98 Å². The quantitative estimate of drug-likeness (QED) is 0.912. The number of aliphatic hydroxyl groups is 1. The van der Waals surface area contributed by atoms with Crippen molar-refractivity contribution in [2.75, 3.05) is 0 Å². The first-order valence-electron chi connectivity index (χ1n) is 5.70. The van der Waals surface area contributed by atoms with Crippen LogP contribution in [0, 0.1) is 6.92 Å². The molecule has 1 aromatic carbocycles. The van der Waals surface area contributed by atoms with Gasteiger partial charge in [-0.05, 0) is 30.7 Å².